The first kappa shape index (κ1) is 11.1. The summed E-state index contributed by atoms with van der Waals surface area (Å²) in [7, 11) is 0. The summed E-state index contributed by atoms with van der Waals surface area (Å²) >= 11 is 0. The summed E-state index contributed by atoms with van der Waals surface area (Å²) in [5.41, 5.74) is 1.85. The molecule has 0 saturated carbocycles. The molecule has 0 amide bonds. The minimum Gasteiger partial charge on any atom is -0.264 e. The van der Waals surface area contributed by atoms with E-state index in [0.29, 0.717) is 0 Å². The highest BCUT2D eigenvalue weighted by Gasteiger charge is 2.08. The Morgan fingerprint density at radius 3 is 2.50 bits per heavy atom. The van der Waals surface area contributed by atoms with Gasteiger partial charge in [-0.05, 0) is 30.3 Å². The van der Waals surface area contributed by atoms with Crippen LogP contribution in [0.1, 0.15) is 0 Å². The molecule has 0 fully saturated rings. The molecule has 0 aliphatic heterocycles. The van der Waals surface area contributed by atoms with Crippen molar-refractivity contribution in [1.29, 1.82) is 0 Å². The van der Waals surface area contributed by atoms with Crippen LogP contribution in [0, 0.1) is 5.82 Å². The number of pyridine rings is 1. The van der Waals surface area contributed by atoms with Crippen molar-refractivity contribution in [2.75, 3.05) is 0 Å². The van der Waals surface area contributed by atoms with Gasteiger partial charge in [0.25, 0.3) is 0 Å². The van der Waals surface area contributed by atoms with Crippen molar-refractivity contribution >= 4 is 21.7 Å². The molecule has 0 unspecified atom stereocenters. The summed E-state index contributed by atoms with van der Waals surface area (Å²) in [6, 6.07) is 12.3. The Hall–Kier alpha value is -2.75. The summed E-state index contributed by atoms with van der Waals surface area (Å²) in [5, 5.41) is 7.61. The van der Waals surface area contributed by atoms with Crippen molar-refractivity contribution < 1.29 is 4.39 Å². The first-order valence-corrected chi connectivity index (χ1v) is 6.29. The molecular weight excluding hydrogens is 253 g/mol. The Labute approximate surface area is 114 Å². The number of nitrogens with zero attached hydrogens (tertiary/aromatic N) is 3. The molecule has 96 valence electrons. The van der Waals surface area contributed by atoms with Crippen LogP contribution in [0.3, 0.4) is 0 Å². The van der Waals surface area contributed by atoms with Crippen LogP contribution in [-0.4, -0.2) is 14.8 Å². The molecule has 4 aromatic rings. The number of halogens is 1. The molecule has 3 nitrogen and oxygen atoms in total. The van der Waals surface area contributed by atoms with Crippen molar-refractivity contribution in [2.24, 2.45) is 0 Å². The van der Waals surface area contributed by atoms with E-state index in [1.807, 2.05) is 35.3 Å². The lowest BCUT2D eigenvalue weighted by Crippen LogP contribution is -1.96. The van der Waals surface area contributed by atoms with Crippen molar-refractivity contribution in [3.63, 3.8) is 0 Å². The zero-order valence-corrected chi connectivity index (χ0v) is 10.5. The molecule has 4 heteroatoms. The van der Waals surface area contributed by atoms with Crippen LogP contribution in [0.4, 0.5) is 4.39 Å². The van der Waals surface area contributed by atoms with E-state index in [2.05, 4.69) is 10.1 Å². The fourth-order valence-corrected chi connectivity index (χ4v) is 2.47. The molecule has 0 N–H and O–H groups in total. The van der Waals surface area contributed by atoms with Crippen LogP contribution < -0.4 is 0 Å². The zero-order chi connectivity index (χ0) is 13.5. The van der Waals surface area contributed by atoms with Gasteiger partial charge in [0, 0.05) is 28.6 Å². The molecule has 4 rings (SSSR count). The maximum atomic E-state index is 13.1. The zero-order valence-electron chi connectivity index (χ0n) is 10.5. The lowest BCUT2D eigenvalue weighted by molar-refractivity contribution is 0.627. The van der Waals surface area contributed by atoms with Crippen LogP contribution in [0.2, 0.25) is 0 Å². The Balaban J connectivity index is 2.09. The van der Waals surface area contributed by atoms with Gasteiger partial charge in [-0.3, -0.25) is 4.98 Å². The maximum absolute atomic E-state index is 13.1. The average molecular weight is 263 g/mol. The van der Waals surface area contributed by atoms with Crippen molar-refractivity contribution in [1.82, 2.24) is 14.8 Å². The van der Waals surface area contributed by atoms with Gasteiger partial charge in [0.1, 0.15) is 5.82 Å². The monoisotopic (exact) mass is 263 g/mol. The summed E-state index contributed by atoms with van der Waals surface area (Å²) in [6.45, 7) is 0. The largest absolute Gasteiger partial charge is 0.264 e. The van der Waals surface area contributed by atoms with Gasteiger partial charge in [-0.1, -0.05) is 12.1 Å². The normalized spacial score (nSPS) is 11.2. The highest BCUT2D eigenvalue weighted by molar-refractivity contribution is 6.05. The second-order valence-electron chi connectivity index (χ2n) is 4.63. The highest BCUT2D eigenvalue weighted by atomic mass is 19.1. The van der Waals surface area contributed by atoms with Crippen LogP contribution in [0.25, 0.3) is 27.4 Å². The van der Waals surface area contributed by atoms with Crippen LogP contribution in [-0.2, 0) is 0 Å². The third-order valence-electron chi connectivity index (χ3n) is 3.42. The molecule has 2 aromatic heterocycles. The Morgan fingerprint density at radius 1 is 0.850 bits per heavy atom. The van der Waals surface area contributed by atoms with E-state index in [4.69, 9.17) is 0 Å². The lowest BCUT2D eigenvalue weighted by Gasteiger charge is -2.06. The number of aromatic nitrogens is 3. The van der Waals surface area contributed by atoms with Gasteiger partial charge >= 0.3 is 0 Å². The van der Waals surface area contributed by atoms with Crippen molar-refractivity contribution in [3.8, 4) is 5.69 Å². The molecular formula is C16H10FN3. The topological polar surface area (TPSA) is 30.7 Å². The van der Waals surface area contributed by atoms with Gasteiger partial charge in [-0.15, -0.1) is 0 Å². The predicted octanol–water partition coefficient (Wildman–Crippen LogP) is 3.71. The highest BCUT2D eigenvalue weighted by Crippen LogP contribution is 2.26. The van der Waals surface area contributed by atoms with Gasteiger partial charge in [0.05, 0.1) is 17.4 Å². The number of hydrogen-bond acceptors (Lipinski definition) is 2. The van der Waals surface area contributed by atoms with Gasteiger partial charge in [0.2, 0.25) is 0 Å². The second-order valence-corrected chi connectivity index (χ2v) is 4.63. The fraction of sp³-hybridized carbons (Fsp3) is 0. The van der Waals surface area contributed by atoms with Crippen molar-refractivity contribution in [2.45, 2.75) is 0 Å². The Bertz CT molecular complexity index is 910. The summed E-state index contributed by atoms with van der Waals surface area (Å²) in [6.07, 6.45) is 5.42. The third kappa shape index (κ3) is 1.58. The number of benzene rings is 2. The minimum atomic E-state index is -0.251. The number of rotatable bonds is 1. The van der Waals surface area contributed by atoms with E-state index in [0.717, 1.165) is 27.4 Å². The van der Waals surface area contributed by atoms with E-state index >= 15 is 0 Å². The molecule has 20 heavy (non-hydrogen) atoms. The van der Waals surface area contributed by atoms with E-state index < -0.39 is 0 Å². The summed E-state index contributed by atoms with van der Waals surface area (Å²) in [5.74, 6) is -0.251. The molecule has 0 atom stereocenters. The molecule has 0 saturated heterocycles. The molecule has 2 heterocycles. The molecule has 0 spiro atoms. The van der Waals surface area contributed by atoms with Gasteiger partial charge < -0.3 is 0 Å². The van der Waals surface area contributed by atoms with Crippen LogP contribution >= 0.6 is 0 Å². The number of fused-ring (bicyclic) bond motifs is 3. The smallest absolute Gasteiger partial charge is 0.123 e. The molecule has 0 aliphatic rings. The average Bonchev–Trinajstić information content (AvgIpc) is 2.92. The van der Waals surface area contributed by atoms with E-state index in [1.54, 1.807) is 18.3 Å². The first-order valence-electron chi connectivity index (χ1n) is 6.29. The molecule has 2 aromatic carbocycles. The van der Waals surface area contributed by atoms with E-state index in [1.165, 1.54) is 12.1 Å². The summed E-state index contributed by atoms with van der Waals surface area (Å²) < 4.78 is 14.9. The lowest BCUT2D eigenvalue weighted by atomic mass is 10.1. The number of hydrogen-bond donors (Lipinski definition) is 0. The Kier molecular flexibility index (Phi) is 2.29. The van der Waals surface area contributed by atoms with E-state index in [9.17, 15) is 4.39 Å². The quantitative estimate of drug-likeness (QED) is 0.524. The fourth-order valence-electron chi connectivity index (χ4n) is 2.47. The molecule has 0 radical (unpaired) electrons. The SMILES string of the molecule is Fc1ccc(-n2ncc3ccc4cnccc4c32)cc1. The van der Waals surface area contributed by atoms with Gasteiger partial charge in [0.15, 0.2) is 0 Å². The standard InChI is InChI=1S/C16H10FN3/c17-13-3-5-14(6-4-13)20-16-12(10-19-20)2-1-11-9-18-8-7-15(11)16/h1-10H. The minimum absolute atomic E-state index is 0.251. The first-order chi connectivity index (χ1) is 9.83. The van der Waals surface area contributed by atoms with Gasteiger partial charge in [-0.2, -0.15) is 5.10 Å². The molecule has 0 bridgehead atoms. The predicted molar refractivity (Wildman–Crippen MR) is 76.3 cm³/mol. The van der Waals surface area contributed by atoms with Crippen LogP contribution in [0.5, 0.6) is 0 Å². The van der Waals surface area contributed by atoms with Crippen molar-refractivity contribution in [3.05, 3.63) is 66.9 Å². The van der Waals surface area contributed by atoms with Crippen LogP contribution in [0.15, 0.2) is 61.1 Å². The second kappa shape index (κ2) is 4.13. The third-order valence-corrected chi connectivity index (χ3v) is 3.42. The van der Waals surface area contributed by atoms with E-state index in [-0.39, 0.29) is 5.82 Å². The van der Waals surface area contributed by atoms with Gasteiger partial charge in [-0.25, -0.2) is 9.07 Å². The maximum Gasteiger partial charge on any atom is 0.123 e. The Morgan fingerprint density at radius 2 is 1.65 bits per heavy atom. The molecule has 0 aliphatic carbocycles. The summed E-state index contributed by atoms with van der Waals surface area (Å²) in [4.78, 5) is 4.14.